The zero-order valence-electron chi connectivity index (χ0n) is 10.9. The maximum Gasteiger partial charge on any atom is 0.145 e. The van der Waals surface area contributed by atoms with Crippen LogP contribution in [0.5, 0.6) is 11.5 Å². The van der Waals surface area contributed by atoms with Gasteiger partial charge >= 0.3 is 0 Å². The second-order valence-electron chi connectivity index (χ2n) is 3.78. The number of nitrogen functional groups attached to an aromatic ring is 1. The number of benzene rings is 1. The molecule has 17 heavy (non-hydrogen) atoms. The smallest absolute Gasteiger partial charge is 0.145 e. The van der Waals surface area contributed by atoms with Crippen LogP contribution in [0.2, 0.25) is 0 Å². The number of nitrogens with two attached hydrogens (primary N) is 1. The van der Waals surface area contributed by atoms with Crippen molar-refractivity contribution in [1.29, 1.82) is 0 Å². The van der Waals surface area contributed by atoms with Gasteiger partial charge in [0.25, 0.3) is 0 Å². The molecule has 1 aromatic rings. The summed E-state index contributed by atoms with van der Waals surface area (Å²) < 4.78 is 10.8. The van der Waals surface area contributed by atoms with Crippen LogP contribution in [0.4, 0.5) is 5.69 Å². The third kappa shape index (κ3) is 4.15. The molecule has 0 unspecified atom stereocenters. The Morgan fingerprint density at radius 1 is 1.24 bits per heavy atom. The summed E-state index contributed by atoms with van der Waals surface area (Å²) in [6, 6.07) is 5.48. The SMILES string of the molecule is CCN(CC)CCOc1ccc(N)c(OC)c1. The summed E-state index contributed by atoms with van der Waals surface area (Å²) in [5.74, 6) is 1.45. The average molecular weight is 238 g/mol. The van der Waals surface area contributed by atoms with E-state index >= 15 is 0 Å². The minimum atomic E-state index is 0.628. The molecule has 4 heteroatoms. The highest BCUT2D eigenvalue weighted by Crippen LogP contribution is 2.26. The first kappa shape index (κ1) is 13.6. The van der Waals surface area contributed by atoms with E-state index in [0.29, 0.717) is 18.0 Å². The van der Waals surface area contributed by atoms with E-state index in [4.69, 9.17) is 15.2 Å². The molecule has 1 rings (SSSR count). The third-order valence-corrected chi connectivity index (χ3v) is 2.78. The topological polar surface area (TPSA) is 47.7 Å². The van der Waals surface area contributed by atoms with Gasteiger partial charge in [-0.3, -0.25) is 0 Å². The van der Waals surface area contributed by atoms with Crippen molar-refractivity contribution in [2.24, 2.45) is 0 Å². The van der Waals surface area contributed by atoms with Crippen molar-refractivity contribution >= 4 is 5.69 Å². The number of nitrogens with zero attached hydrogens (tertiary/aromatic N) is 1. The number of methoxy groups -OCH3 is 1. The number of anilines is 1. The second kappa shape index (κ2) is 7.01. The van der Waals surface area contributed by atoms with E-state index < -0.39 is 0 Å². The number of hydrogen-bond donors (Lipinski definition) is 1. The Bertz CT molecular complexity index is 338. The van der Waals surface area contributed by atoms with E-state index in [1.165, 1.54) is 0 Å². The number of rotatable bonds is 7. The highest BCUT2D eigenvalue weighted by atomic mass is 16.5. The standard InChI is InChI=1S/C13H22N2O2/c1-4-15(5-2)8-9-17-11-6-7-12(14)13(10-11)16-3/h6-7,10H,4-5,8-9,14H2,1-3H3. The van der Waals surface area contributed by atoms with Crippen LogP contribution in [0.1, 0.15) is 13.8 Å². The third-order valence-electron chi connectivity index (χ3n) is 2.78. The number of hydrogen-bond acceptors (Lipinski definition) is 4. The van der Waals surface area contributed by atoms with Crippen LogP contribution in [-0.4, -0.2) is 38.3 Å². The Morgan fingerprint density at radius 3 is 2.53 bits per heavy atom. The summed E-state index contributed by atoms with van der Waals surface area (Å²) >= 11 is 0. The number of ether oxygens (including phenoxy) is 2. The molecule has 0 heterocycles. The largest absolute Gasteiger partial charge is 0.494 e. The van der Waals surface area contributed by atoms with Crippen LogP contribution in [0.3, 0.4) is 0 Å². The molecule has 4 nitrogen and oxygen atoms in total. The van der Waals surface area contributed by atoms with Crippen molar-refractivity contribution in [3.05, 3.63) is 18.2 Å². The molecule has 0 atom stereocenters. The molecule has 0 aromatic heterocycles. The van der Waals surface area contributed by atoms with Gasteiger partial charge in [0.05, 0.1) is 12.8 Å². The Morgan fingerprint density at radius 2 is 1.94 bits per heavy atom. The fourth-order valence-corrected chi connectivity index (χ4v) is 1.61. The molecule has 0 amide bonds. The summed E-state index contributed by atoms with van der Waals surface area (Å²) in [4.78, 5) is 2.31. The molecule has 1 aromatic carbocycles. The summed E-state index contributed by atoms with van der Waals surface area (Å²) in [6.45, 7) is 8.00. The van der Waals surface area contributed by atoms with E-state index in [2.05, 4.69) is 18.7 Å². The number of likely N-dealkylation sites (N-methyl/N-ethyl adjacent to an activating group) is 1. The highest BCUT2D eigenvalue weighted by molar-refractivity contribution is 5.55. The molecule has 2 N–H and O–H groups in total. The van der Waals surface area contributed by atoms with Crippen LogP contribution in [0.25, 0.3) is 0 Å². The molecular formula is C13H22N2O2. The Kier molecular flexibility index (Phi) is 5.63. The molecule has 0 radical (unpaired) electrons. The monoisotopic (exact) mass is 238 g/mol. The summed E-state index contributed by atoms with van der Waals surface area (Å²) in [6.07, 6.45) is 0. The lowest BCUT2D eigenvalue weighted by Gasteiger charge is -2.18. The fourth-order valence-electron chi connectivity index (χ4n) is 1.61. The van der Waals surface area contributed by atoms with E-state index in [1.54, 1.807) is 13.2 Å². The summed E-state index contributed by atoms with van der Waals surface area (Å²) in [5.41, 5.74) is 6.36. The maximum absolute atomic E-state index is 5.73. The van der Waals surface area contributed by atoms with Gasteiger partial charge in [0.15, 0.2) is 0 Å². The minimum Gasteiger partial charge on any atom is -0.494 e. The van der Waals surface area contributed by atoms with Crippen LogP contribution < -0.4 is 15.2 Å². The van der Waals surface area contributed by atoms with Crippen molar-refractivity contribution in [3.63, 3.8) is 0 Å². The van der Waals surface area contributed by atoms with Gasteiger partial charge in [-0.05, 0) is 25.2 Å². The van der Waals surface area contributed by atoms with Gasteiger partial charge in [-0.1, -0.05) is 13.8 Å². The Labute approximate surface area is 103 Å². The van der Waals surface area contributed by atoms with Crippen LogP contribution in [0, 0.1) is 0 Å². The summed E-state index contributed by atoms with van der Waals surface area (Å²) in [5, 5.41) is 0. The van der Waals surface area contributed by atoms with Gasteiger partial charge in [0, 0.05) is 12.6 Å². The van der Waals surface area contributed by atoms with Gasteiger partial charge in [0.2, 0.25) is 0 Å². The van der Waals surface area contributed by atoms with Crippen molar-refractivity contribution in [2.45, 2.75) is 13.8 Å². The van der Waals surface area contributed by atoms with Crippen LogP contribution in [-0.2, 0) is 0 Å². The van der Waals surface area contributed by atoms with Gasteiger partial charge < -0.3 is 20.1 Å². The van der Waals surface area contributed by atoms with Gasteiger partial charge in [-0.15, -0.1) is 0 Å². The maximum atomic E-state index is 5.73. The highest BCUT2D eigenvalue weighted by Gasteiger charge is 2.03. The Balaban J connectivity index is 2.46. The average Bonchev–Trinajstić information content (AvgIpc) is 2.36. The first-order valence-electron chi connectivity index (χ1n) is 5.99. The van der Waals surface area contributed by atoms with Crippen molar-refractivity contribution in [3.8, 4) is 11.5 Å². The lowest BCUT2D eigenvalue weighted by Crippen LogP contribution is -2.27. The van der Waals surface area contributed by atoms with Crippen LogP contribution in [0.15, 0.2) is 18.2 Å². The molecule has 0 spiro atoms. The van der Waals surface area contributed by atoms with E-state index in [-0.39, 0.29) is 0 Å². The molecular weight excluding hydrogens is 216 g/mol. The van der Waals surface area contributed by atoms with Crippen molar-refractivity contribution in [2.75, 3.05) is 39.1 Å². The molecule has 0 saturated carbocycles. The molecule has 0 aliphatic rings. The Hall–Kier alpha value is -1.42. The van der Waals surface area contributed by atoms with E-state index in [1.807, 2.05) is 12.1 Å². The molecule has 0 fully saturated rings. The van der Waals surface area contributed by atoms with E-state index in [9.17, 15) is 0 Å². The first-order valence-corrected chi connectivity index (χ1v) is 5.99. The molecule has 0 aliphatic carbocycles. The van der Waals surface area contributed by atoms with Crippen molar-refractivity contribution in [1.82, 2.24) is 4.90 Å². The van der Waals surface area contributed by atoms with Crippen molar-refractivity contribution < 1.29 is 9.47 Å². The van der Waals surface area contributed by atoms with E-state index in [0.717, 1.165) is 25.4 Å². The lowest BCUT2D eigenvalue weighted by atomic mass is 10.3. The lowest BCUT2D eigenvalue weighted by molar-refractivity contribution is 0.222. The summed E-state index contributed by atoms with van der Waals surface area (Å²) in [7, 11) is 1.60. The predicted octanol–water partition coefficient (Wildman–Crippen LogP) is 2.00. The normalized spacial score (nSPS) is 10.6. The predicted molar refractivity (Wildman–Crippen MR) is 70.7 cm³/mol. The second-order valence-corrected chi connectivity index (χ2v) is 3.78. The quantitative estimate of drug-likeness (QED) is 0.738. The van der Waals surface area contributed by atoms with Gasteiger partial charge in [-0.25, -0.2) is 0 Å². The minimum absolute atomic E-state index is 0.628. The van der Waals surface area contributed by atoms with Crippen LogP contribution >= 0.6 is 0 Å². The first-order chi connectivity index (χ1) is 8.21. The molecule has 0 saturated heterocycles. The zero-order valence-corrected chi connectivity index (χ0v) is 10.9. The molecule has 96 valence electrons. The zero-order chi connectivity index (χ0) is 12.7. The van der Waals surface area contributed by atoms with Gasteiger partial charge in [0.1, 0.15) is 18.1 Å². The fraction of sp³-hybridized carbons (Fsp3) is 0.538. The molecule has 0 bridgehead atoms. The van der Waals surface area contributed by atoms with Gasteiger partial charge in [-0.2, -0.15) is 0 Å². The molecule has 0 aliphatic heterocycles.